The average Bonchev–Trinajstić information content (AvgIpc) is 2.91. The van der Waals surface area contributed by atoms with E-state index in [4.69, 9.17) is 0 Å². The Morgan fingerprint density at radius 1 is 0.706 bits per heavy atom. The Kier molecular flexibility index (Phi) is 6.28. The van der Waals surface area contributed by atoms with E-state index in [9.17, 15) is 10.2 Å². The molecule has 34 heavy (non-hydrogen) atoms. The second kappa shape index (κ2) is 9.82. The fourth-order valence-corrected chi connectivity index (χ4v) is 4.54. The Labute approximate surface area is 200 Å². The summed E-state index contributed by atoms with van der Waals surface area (Å²) in [6.45, 7) is 0. The van der Waals surface area contributed by atoms with Crippen LogP contribution in [0, 0.1) is 0 Å². The molecule has 4 aromatic carbocycles. The second-order valence-corrected chi connectivity index (χ2v) is 8.51. The van der Waals surface area contributed by atoms with Crippen molar-refractivity contribution >= 4 is 5.69 Å². The first-order valence-corrected chi connectivity index (χ1v) is 11.5. The molecular weight excluding hydrogens is 418 g/mol. The predicted octanol–water partition coefficient (Wildman–Crippen LogP) is 7.29. The smallest absolute Gasteiger partial charge is 0.131 e. The largest absolute Gasteiger partial charge is 0.506 e. The molecule has 2 unspecified atom stereocenters. The molecule has 1 heterocycles. The minimum absolute atomic E-state index is 0.110. The minimum Gasteiger partial charge on any atom is -0.506 e. The van der Waals surface area contributed by atoms with Gasteiger partial charge in [-0.15, -0.1) is 0 Å². The molecule has 0 saturated heterocycles. The lowest BCUT2D eigenvalue weighted by atomic mass is 9.92. The van der Waals surface area contributed by atoms with E-state index in [1.807, 2.05) is 77.7 Å². The van der Waals surface area contributed by atoms with Gasteiger partial charge in [-0.1, -0.05) is 103 Å². The van der Waals surface area contributed by atoms with E-state index in [-0.39, 0.29) is 11.8 Å². The highest BCUT2D eigenvalue weighted by Crippen LogP contribution is 2.34. The summed E-state index contributed by atoms with van der Waals surface area (Å²) in [5, 5.41) is 21.6. The van der Waals surface area contributed by atoms with Gasteiger partial charge in [0.1, 0.15) is 5.76 Å². The zero-order valence-corrected chi connectivity index (χ0v) is 18.8. The van der Waals surface area contributed by atoms with Crippen molar-refractivity contribution in [2.45, 2.75) is 18.6 Å². The topological polar surface area (TPSA) is 43.7 Å². The van der Waals surface area contributed by atoms with Crippen molar-refractivity contribution in [3.05, 3.63) is 139 Å². The van der Waals surface area contributed by atoms with Gasteiger partial charge in [0.25, 0.3) is 0 Å². The molecule has 0 bridgehead atoms. The van der Waals surface area contributed by atoms with Crippen LogP contribution >= 0.6 is 0 Å². The molecule has 168 valence electrons. The van der Waals surface area contributed by atoms with Crippen LogP contribution in [-0.2, 0) is 0 Å². The first-order valence-electron chi connectivity index (χ1n) is 11.5. The van der Waals surface area contributed by atoms with Gasteiger partial charge >= 0.3 is 0 Å². The van der Waals surface area contributed by atoms with Crippen LogP contribution < -0.4 is 4.90 Å². The van der Waals surface area contributed by atoms with Crippen molar-refractivity contribution in [1.29, 1.82) is 0 Å². The fourth-order valence-electron chi connectivity index (χ4n) is 4.54. The number of anilines is 1. The molecule has 0 spiro atoms. The molecule has 1 aliphatic heterocycles. The van der Waals surface area contributed by atoms with Gasteiger partial charge in [0.2, 0.25) is 0 Å². The maximum absolute atomic E-state index is 11.3. The molecule has 5 rings (SSSR count). The molecule has 0 aliphatic carbocycles. The van der Waals surface area contributed by atoms with Crippen molar-refractivity contribution in [1.82, 2.24) is 0 Å². The normalized spacial score (nSPS) is 16.2. The lowest BCUT2D eigenvalue weighted by Crippen LogP contribution is -2.33. The number of aliphatic hydroxyl groups is 2. The fraction of sp³-hybridized carbons (Fsp3) is 0.0968. The van der Waals surface area contributed by atoms with Gasteiger partial charge in [-0.3, -0.25) is 0 Å². The highest BCUT2D eigenvalue weighted by Gasteiger charge is 2.24. The van der Waals surface area contributed by atoms with Gasteiger partial charge in [0.05, 0.1) is 12.1 Å². The van der Waals surface area contributed by atoms with E-state index in [0.29, 0.717) is 6.42 Å². The quantitative estimate of drug-likeness (QED) is 0.327. The Morgan fingerprint density at radius 3 is 2.12 bits per heavy atom. The monoisotopic (exact) mass is 445 g/mol. The minimum atomic E-state index is -0.667. The van der Waals surface area contributed by atoms with E-state index in [2.05, 4.69) is 42.5 Å². The van der Waals surface area contributed by atoms with E-state index in [1.165, 1.54) is 0 Å². The maximum atomic E-state index is 11.3. The number of rotatable bonds is 6. The van der Waals surface area contributed by atoms with Gasteiger partial charge < -0.3 is 15.1 Å². The molecule has 4 aromatic rings. The van der Waals surface area contributed by atoms with Crippen LogP contribution in [0.4, 0.5) is 5.69 Å². The maximum Gasteiger partial charge on any atom is 0.131 e. The number of nitrogens with zero attached hydrogens (tertiary/aromatic N) is 1. The van der Waals surface area contributed by atoms with Crippen molar-refractivity contribution in [3.63, 3.8) is 0 Å². The Bertz CT molecular complexity index is 1310. The average molecular weight is 446 g/mol. The summed E-state index contributed by atoms with van der Waals surface area (Å²) in [6, 6.07) is 36.6. The summed E-state index contributed by atoms with van der Waals surface area (Å²) in [6.07, 6.45) is 5.22. The molecule has 1 aliphatic rings. The molecule has 0 amide bonds. The van der Waals surface area contributed by atoms with Crippen molar-refractivity contribution in [2.24, 2.45) is 0 Å². The molecule has 0 aromatic heterocycles. The number of hydrogen-bond acceptors (Lipinski definition) is 3. The van der Waals surface area contributed by atoms with E-state index in [1.54, 1.807) is 12.3 Å². The first-order chi connectivity index (χ1) is 16.7. The van der Waals surface area contributed by atoms with Gasteiger partial charge in [0, 0.05) is 18.3 Å². The second-order valence-electron chi connectivity index (χ2n) is 8.51. The van der Waals surface area contributed by atoms with Crippen molar-refractivity contribution in [3.8, 4) is 22.3 Å². The van der Waals surface area contributed by atoms with Crippen molar-refractivity contribution < 1.29 is 10.2 Å². The molecule has 0 saturated carbocycles. The van der Waals surface area contributed by atoms with E-state index < -0.39 is 6.10 Å². The third-order valence-corrected chi connectivity index (χ3v) is 6.24. The number of aliphatic hydroxyl groups excluding tert-OH is 2. The third-order valence-electron chi connectivity index (χ3n) is 6.24. The van der Waals surface area contributed by atoms with Crippen LogP contribution in [0.15, 0.2) is 133 Å². The Hall–Kier alpha value is -4.08. The van der Waals surface area contributed by atoms with E-state index >= 15 is 0 Å². The molecular formula is C31H27NO2. The van der Waals surface area contributed by atoms with E-state index in [0.717, 1.165) is 33.5 Å². The molecule has 0 fully saturated rings. The van der Waals surface area contributed by atoms with Crippen LogP contribution in [0.2, 0.25) is 0 Å². The molecule has 3 nitrogen and oxygen atoms in total. The van der Waals surface area contributed by atoms with Gasteiger partial charge in [-0.2, -0.15) is 0 Å². The van der Waals surface area contributed by atoms with Crippen molar-refractivity contribution in [2.75, 3.05) is 4.90 Å². The lowest BCUT2D eigenvalue weighted by Gasteiger charge is -2.33. The highest BCUT2D eigenvalue weighted by atomic mass is 16.3. The van der Waals surface area contributed by atoms with Crippen LogP contribution in [-0.4, -0.2) is 16.3 Å². The number of hydrogen-bond donors (Lipinski definition) is 2. The highest BCUT2D eigenvalue weighted by molar-refractivity contribution is 5.70. The summed E-state index contributed by atoms with van der Waals surface area (Å²) in [5.74, 6) is 0.195. The predicted molar refractivity (Wildman–Crippen MR) is 139 cm³/mol. The molecule has 3 heteroatoms. The van der Waals surface area contributed by atoms with Gasteiger partial charge in [-0.25, -0.2) is 0 Å². The number of allylic oxidation sites excluding steroid dienone is 1. The summed E-state index contributed by atoms with van der Waals surface area (Å²) < 4.78 is 0. The van der Waals surface area contributed by atoms with Crippen LogP contribution in [0.3, 0.4) is 0 Å². The standard InChI is InChI=1S/C31H27NO2/c33-28-19-18-27(21-31(34)30-17-8-7-16-29(30)24-12-5-2-6-13-24)32(22-28)26-15-9-14-25(20-26)23-10-3-1-4-11-23/h1-20,22,27,31,33-34H,21H2. The van der Waals surface area contributed by atoms with Crippen LogP contribution in [0.1, 0.15) is 18.1 Å². The van der Waals surface area contributed by atoms with Crippen LogP contribution in [0.25, 0.3) is 22.3 Å². The lowest BCUT2D eigenvalue weighted by molar-refractivity contribution is 0.163. The summed E-state index contributed by atoms with van der Waals surface area (Å²) in [5.41, 5.74) is 6.23. The summed E-state index contributed by atoms with van der Waals surface area (Å²) in [7, 11) is 0. The zero-order chi connectivity index (χ0) is 23.3. The van der Waals surface area contributed by atoms with Crippen LogP contribution in [0.5, 0.6) is 0 Å². The number of benzene rings is 4. The Morgan fingerprint density at radius 2 is 1.35 bits per heavy atom. The summed E-state index contributed by atoms with van der Waals surface area (Å²) >= 11 is 0. The molecule has 2 N–H and O–H groups in total. The first kappa shape index (κ1) is 21.7. The molecule has 2 atom stereocenters. The Balaban J connectivity index is 1.44. The molecule has 0 radical (unpaired) electrons. The SMILES string of the molecule is OC1=CN(c2cccc(-c3ccccc3)c2)C(CC(O)c2ccccc2-c2ccccc2)C=C1. The third kappa shape index (κ3) is 4.66. The van der Waals surface area contributed by atoms with Gasteiger partial charge in [0.15, 0.2) is 0 Å². The van der Waals surface area contributed by atoms with Gasteiger partial charge in [-0.05, 0) is 46.0 Å². The zero-order valence-electron chi connectivity index (χ0n) is 18.8. The summed E-state index contributed by atoms with van der Waals surface area (Å²) in [4.78, 5) is 2.04.